The van der Waals surface area contributed by atoms with Crippen LogP contribution >= 0.6 is 0 Å². The first-order valence-corrected chi connectivity index (χ1v) is 9.17. The van der Waals surface area contributed by atoms with Crippen molar-refractivity contribution in [1.29, 1.82) is 0 Å². The molecule has 6 nitrogen and oxygen atoms in total. The maximum absolute atomic E-state index is 12.6. The van der Waals surface area contributed by atoms with E-state index in [0.717, 1.165) is 43.7 Å². The Morgan fingerprint density at radius 3 is 2.81 bits per heavy atom. The number of methoxy groups -OCH3 is 1. The van der Waals surface area contributed by atoms with E-state index in [1.54, 1.807) is 19.2 Å². The van der Waals surface area contributed by atoms with E-state index in [4.69, 9.17) is 9.15 Å². The van der Waals surface area contributed by atoms with Crippen LogP contribution in [0.2, 0.25) is 0 Å². The highest BCUT2D eigenvalue weighted by atomic mass is 16.5. The average molecular weight is 365 g/mol. The lowest BCUT2D eigenvalue weighted by Gasteiger charge is -2.22. The third-order valence-electron chi connectivity index (χ3n) is 5.01. The summed E-state index contributed by atoms with van der Waals surface area (Å²) >= 11 is 0. The molecule has 6 heteroatoms. The van der Waals surface area contributed by atoms with Crippen molar-refractivity contribution in [3.63, 3.8) is 0 Å². The first-order valence-electron chi connectivity index (χ1n) is 9.17. The van der Waals surface area contributed by atoms with E-state index in [9.17, 15) is 4.79 Å². The fourth-order valence-corrected chi connectivity index (χ4v) is 3.46. The highest BCUT2D eigenvalue weighted by Crippen LogP contribution is 2.26. The summed E-state index contributed by atoms with van der Waals surface area (Å²) in [4.78, 5) is 21.6. The summed E-state index contributed by atoms with van der Waals surface area (Å²) in [5, 5.41) is 0.880. The van der Waals surface area contributed by atoms with E-state index in [1.165, 1.54) is 0 Å². The van der Waals surface area contributed by atoms with Gasteiger partial charge in [0.15, 0.2) is 0 Å². The van der Waals surface area contributed by atoms with Crippen molar-refractivity contribution in [2.24, 2.45) is 0 Å². The largest absolute Gasteiger partial charge is 0.481 e. The van der Waals surface area contributed by atoms with E-state index in [0.29, 0.717) is 22.7 Å². The highest BCUT2D eigenvalue weighted by molar-refractivity contribution is 5.84. The zero-order valence-corrected chi connectivity index (χ0v) is 15.6. The minimum atomic E-state index is -0.393. The van der Waals surface area contributed by atoms with Crippen LogP contribution in [-0.4, -0.2) is 50.2 Å². The van der Waals surface area contributed by atoms with Crippen molar-refractivity contribution in [3.05, 3.63) is 52.9 Å². The van der Waals surface area contributed by atoms with Gasteiger partial charge in [-0.25, -0.2) is 9.78 Å². The third-order valence-corrected chi connectivity index (χ3v) is 5.01. The summed E-state index contributed by atoms with van der Waals surface area (Å²) in [5.41, 5.74) is 2.28. The maximum Gasteiger partial charge on any atom is 0.345 e. The molecule has 0 aliphatic carbocycles. The summed E-state index contributed by atoms with van der Waals surface area (Å²) in [5.74, 6) is 0.466. The predicted molar refractivity (Wildman–Crippen MR) is 107 cm³/mol. The van der Waals surface area contributed by atoms with E-state index in [-0.39, 0.29) is 0 Å². The Hall–Kier alpha value is -2.86. The molecule has 27 heavy (non-hydrogen) atoms. The van der Waals surface area contributed by atoms with Gasteiger partial charge in [0.2, 0.25) is 5.88 Å². The van der Waals surface area contributed by atoms with Crippen molar-refractivity contribution < 1.29 is 9.15 Å². The fourth-order valence-electron chi connectivity index (χ4n) is 3.46. The second-order valence-electron chi connectivity index (χ2n) is 6.88. The number of anilines is 1. The molecule has 0 atom stereocenters. The molecule has 1 aliphatic rings. The maximum atomic E-state index is 12.6. The Balaban J connectivity index is 1.70. The molecule has 3 aromatic rings. The SMILES string of the molecule is COc1cccc(-c2cc3ccc(N4CCCN(C)CC4)cc3oc2=O)n1. The van der Waals surface area contributed by atoms with Gasteiger partial charge in [-0.2, -0.15) is 0 Å². The molecule has 0 saturated carbocycles. The normalized spacial score (nSPS) is 15.7. The summed E-state index contributed by atoms with van der Waals surface area (Å²) in [6.07, 6.45) is 1.12. The van der Waals surface area contributed by atoms with E-state index < -0.39 is 5.63 Å². The van der Waals surface area contributed by atoms with Crippen LogP contribution in [0.1, 0.15) is 6.42 Å². The van der Waals surface area contributed by atoms with Gasteiger partial charge >= 0.3 is 5.63 Å². The zero-order chi connectivity index (χ0) is 18.8. The number of benzene rings is 1. The highest BCUT2D eigenvalue weighted by Gasteiger charge is 2.15. The summed E-state index contributed by atoms with van der Waals surface area (Å²) in [6, 6.07) is 13.2. The molecule has 1 fully saturated rings. The van der Waals surface area contributed by atoms with Crippen molar-refractivity contribution in [2.75, 3.05) is 45.2 Å². The number of nitrogens with zero attached hydrogens (tertiary/aromatic N) is 3. The van der Waals surface area contributed by atoms with Crippen molar-refractivity contribution >= 4 is 16.7 Å². The molecule has 0 unspecified atom stereocenters. The van der Waals surface area contributed by atoms with Gasteiger partial charge < -0.3 is 19.0 Å². The number of likely N-dealkylation sites (N-methyl/N-ethyl adjacent to an activating group) is 1. The van der Waals surface area contributed by atoms with Crippen LogP contribution in [-0.2, 0) is 0 Å². The monoisotopic (exact) mass is 365 g/mol. The van der Waals surface area contributed by atoms with Crippen molar-refractivity contribution in [2.45, 2.75) is 6.42 Å². The molecule has 1 saturated heterocycles. The van der Waals surface area contributed by atoms with Crippen LogP contribution in [0.4, 0.5) is 5.69 Å². The van der Waals surface area contributed by atoms with Crippen LogP contribution in [0.3, 0.4) is 0 Å². The topological polar surface area (TPSA) is 58.8 Å². The second-order valence-corrected chi connectivity index (χ2v) is 6.88. The lowest BCUT2D eigenvalue weighted by atomic mass is 10.1. The number of fused-ring (bicyclic) bond motifs is 1. The van der Waals surface area contributed by atoms with E-state index in [1.807, 2.05) is 24.3 Å². The molecule has 0 bridgehead atoms. The summed E-state index contributed by atoms with van der Waals surface area (Å²) < 4.78 is 10.8. The number of rotatable bonds is 3. The summed E-state index contributed by atoms with van der Waals surface area (Å²) in [6.45, 7) is 4.11. The number of hydrogen-bond acceptors (Lipinski definition) is 6. The van der Waals surface area contributed by atoms with Gasteiger partial charge in [0.1, 0.15) is 5.58 Å². The molecule has 140 valence electrons. The number of aromatic nitrogens is 1. The van der Waals surface area contributed by atoms with Gasteiger partial charge in [-0.1, -0.05) is 6.07 Å². The Morgan fingerprint density at radius 1 is 1.07 bits per heavy atom. The van der Waals surface area contributed by atoms with Crippen molar-refractivity contribution in [1.82, 2.24) is 9.88 Å². The van der Waals surface area contributed by atoms with Gasteiger partial charge in [-0.15, -0.1) is 0 Å². The van der Waals surface area contributed by atoms with Crippen LogP contribution in [0.25, 0.3) is 22.2 Å². The van der Waals surface area contributed by atoms with Gasteiger partial charge in [-0.05, 0) is 44.3 Å². The number of hydrogen-bond donors (Lipinski definition) is 0. The Bertz CT molecular complexity index is 1010. The van der Waals surface area contributed by atoms with Crippen LogP contribution in [0.5, 0.6) is 5.88 Å². The van der Waals surface area contributed by atoms with Crippen LogP contribution < -0.4 is 15.3 Å². The Morgan fingerprint density at radius 2 is 1.96 bits per heavy atom. The van der Waals surface area contributed by atoms with Gasteiger partial charge in [0, 0.05) is 42.8 Å². The molecular weight excluding hydrogens is 342 g/mol. The quantitative estimate of drug-likeness (QED) is 0.665. The fraction of sp³-hybridized carbons (Fsp3) is 0.333. The molecule has 0 radical (unpaired) electrons. The molecule has 2 aromatic heterocycles. The smallest absolute Gasteiger partial charge is 0.345 e. The van der Waals surface area contributed by atoms with Gasteiger partial charge in [0.05, 0.1) is 18.4 Å². The Kier molecular flexibility index (Phi) is 4.81. The molecule has 0 amide bonds. The van der Waals surface area contributed by atoms with Crippen LogP contribution in [0.15, 0.2) is 51.7 Å². The first kappa shape index (κ1) is 17.5. The van der Waals surface area contributed by atoms with E-state index in [2.05, 4.69) is 27.9 Å². The lowest BCUT2D eigenvalue weighted by Crippen LogP contribution is -2.28. The molecule has 3 heterocycles. The average Bonchev–Trinajstić information content (AvgIpc) is 2.91. The number of ether oxygens (including phenoxy) is 1. The lowest BCUT2D eigenvalue weighted by molar-refractivity contribution is 0.360. The molecule has 0 spiro atoms. The minimum absolute atomic E-state index is 0.393. The second kappa shape index (κ2) is 7.40. The molecule has 1 aromatic carbocycles. The molecule has 1 aliphatic heterocycles. The number of pyridine rings is 1. The molecule has 0 N–H and O–H groups in total. The molecule has 4 rings (SSSR count). The standard InChI is InChI=1S/C21H23N3O3/c1-23-9-4-10-24(12-11-23)16-8-7-15-13-17(21(25)27-19(15)14-16)18-5-3-6-20(22-18)26-2/h3,5-8,13-14H,4,9-12H2,1-2H3. The minimum Gasteiger partial charge on any atom is -0.481 e. The van der Waals surface area contributed by atoms with E-state index >= 15 is 0 Å². The third kappa shape index (κ3) is 3.66. The molecular formula is C21H23N3O3. The zero-order valence-electron chi connectivity index (χ0n) is 15.6. The predicted octanol–water partition coefficient (Wildman–Crippen LogP) is 3.01. The van der Waals surface area contributed by atoms with Gasteiger partial charge in [0.25, 0.3) is 0 Å². The van der Waals surface area contributed by atoms with Crippen LogP contribution in [0, 0.1) is 0 Å². The van der Waals surface area contributed by atoms with Gasteiger partial charge in [-0.3, -0.25) is 0 Å². The summed E-state index contributed by atoms with van der Waals surface area (Å²) in [7, 11) is 3.70. The Labute approximate surface area is 158 Å². The van der Waals surface area contributed by atoms with Crippen molar-refractivity contribution in [3.8, 4) is 17.1 Å². The first-order chi connectivity index (χ1) is 13.1.